The highest BCUT2D eigenvalue weighted by Crippen LogP contribution is 2.44. The van der Waals surface area contributed by atoms with E-state index in [1.165, 1.54) is 73.6 Å². The fraction of sp³-hybridized carbons (Fsp3) is 0.536. The van der Waals surface area contributed by atoms with Crippen molar-refractivity contribution in [3.8, 4) is 5.75 Å². The molecule has 8 heteroatoms. The second-order valence-corrected chi connectivity index (χ2v) is 16.7. The van der Waals surface area contributed by atoms with Gasteiger partial charge in [-0.25, -0.2) is 8.78 Å². The third-order valence-electron chi connectivity index (χ3n) is 9.71. The van der Waals surface area contributed by atoms with Crippen molar-refractivity contribution in [2.75, 3.05) is 13.7 Å². The first kappa shape index (κ1) is 63.7. The minimum absolute atomic E-state index is 0.119. The molecule has 6 nitrogen and oxygen atoms in total. The number of aromatic nitrogens is 1. The molecule has 2 aromatic carbocycles. The quantitative estimate of drug-likeness (QED) is 0.0521. The number of aldehydes is 1. The molecule has 3 N–H and O–H groups in total. The van der Waals surface area contributed by atoms with E-state index in [1.54, 1.807) is 14.0 Å². The zero-order chi connectivity index (χ0) is 50.0. The predicted octanol–water partition coefficient (Wildman–Crippen LogP) is 16.7. The topological polar surface area (TPSA) is 94.4 Å². The molecule has 0 bridgehead atoms. The molecule has 0 saturated heterocycles. The summed E-state index contributed by atoms with van der Waals surface area (Å²) in [6.07, 6.45) is 17.2. The number of hydrogen-bond donors (Lipinski definition) is 2. The molecule has 1 fully saturated rings. The van der Waals surface area contributed by atoms with Crippen LogP contribution in [-0.4, -0.2) is 30.8 Å². The lowest BCUT2D eigenvalue weighted by Crippen LogP contribution is -2.08. The van der Waals surface area contributed by atoms with Gasteiger partial charge in [0.25, 0.3) is 0 Å². The van der Waals surface area contributed by atoms with Crippen LogP contribution in [0.15, 0.2) is 95.5 Å². The third kappa shape index (κ3) is 26.3. The Morgan fingerprint density at radius 3 is 1.86 bits per heavy atom. The van der Waals surface area contributed by atoms with Crippen molar-refractivity contribution in [2.24, 2.45) is 23.0 Å². The Morgan fingerprint density at radius 1 is 0.953 bits per heavy atom. The molecule has 64 heavy (non-hydrogen) atoms. The summed E-state index contributed by atoms with van der Waals surface area (Å²) in [6.45, 7) is 39.4. The molecule has 3 aromatic rings. The summed E-state index contributed by atoms with van der Waals surface area (Å²) >= 11 is 0. The van der Waals surface area contributed by atoms with E-state index in [-0.39, 0.29) is 11.5 Å². The number of ether oxygens (including phenoxy) is 2. The molecule has 1 atom stereocenters. The number of unbranched alkanes of at least 4 members (excludes halogenated alkanes) is 2. The van der Waals surface area contributed by atoms with Crippen molar-refractivity contribution in [3.63, 3.8) is 0 Å². The van der Waals surface area contributed by atoms with Gasteiger partial charge in [-0.3, -0.25) is 4.79 Å². The summed E-state index contributed by atoms with van der Waals surface area (Å²) < 4.78 is 38.2. The van der Waals surface area contributed by atoms with Gasteiger partial charge in [0.1, 0.15) is 12.0 Å². The first-order valence-electron chi connectivity index (χ1n) is 23.6. The van der Waals surface area contributed by atoms with Gasteiger partial charge in [0.2, 0.25) is 5.78 Å². The number of aromatic amines is 1. The van der Waals surface area contributed by atoms with E-state index in [0.29, 0.717) is 34.1 Å². The number of carbonyl (C=O) groups is 2. The molecule has 0 radical (unpaired) electrons. The van der Waals surface area contributed by atoms with Gasteiger partial charge in [0, 0.05) is 29.3 Å². The van der Waals surface area contributed by atoms with Gasteiger partial charge in [0.15, 0.2) is 17.4 Å². The van der Waals surface area contributed by atoms with Gasteiger partial charge in [-0.05, 0) is 149 Å². The molecule has 0 aliphatic heterocycles. The number of fused-ring (bicyclic) bond motifs is 1. The Bertz CT molecular complexity index is 1860. The molecule has 1 aromatic heterocycles. The van der Waals surface area contributed by atoms with Crippen molar-refractivity contribution in [1.82, 2.24) is 4.98 Å². The van der Waals surface area contributed by atoms with Crippen molar-refractivity contribution < 1.29 is 27.8 Å². The van der Waals surface area contributed by atoms with Crippen LogP contribution in [0.3, 0.4) is 0 Å². The number of hydrogen-bond acceptors (Lipinski definition) is 5. The van der Waals surface area contributed by atoms with E-state index in [2.05, 4.69) is 99.0 Å². The molecule has 1 saturated carbocycles. The number of benzene rings is 2. The summed E-state index contributed by atoms with van der Waals surface area (Å²) in [5.41, 5.74) is 13.6. The number of carbonyl (C=O) groups excluding carboxylic acids is 2. The van der Waals surface area contributed by atoms with E-state index in [1.807, 2.05) is 52.8 Å². The maximum absolute atomic E-state index is 13.9. The summed E-state index contributed by atoms with van der Waals surface area (Å²) in [5.74, 6) is -0.139. The number of allylic oxidation sites excluding steroid dienone is 8. The van der Waals surface area contributed by atoms with Crippen LogP contribution >= 0.6 is 0 Å². The zero-order valence-electron chi connectivity index (χ0n) is 43.5. The summed E-state index contributed by atoms with van der Waals surface area (Å²) in [7, 11) is 1.77. The lowest BCUT2D eigenvalue weighted by atomic mass is 9.92. The molecule has 4 rings (SSSR count). The minimum atomic E-state index is -0.698. The predicted molar refractivity (Wildman–Crippen MR) is 274 cm³/mol. The van der Waals surface area contributed by atoms with Gasteiger partial charge in [-0.2, -0.15) is 0 Å². The van der Waals surface area contributed by atoms with Gasteiger partial charge in [-0.1, -0.05) is 127 Å². The molecule has 0 spiro atoms. The van der Waals surface area contributed by atoms with E-state index in [9.17, 15) is 13.6 Å². The highest BCUT2D eigenvalue weighted by atomic mass is 19.1. The molecule has 0 amide bonds. The highest BCUT2D eigenvalue weighted by molar-refractivity contribution is 6.11. The second kappa shape index (κ2) is 36.7. The standard InChI is InChI=1S/C21H28F2O.C17H20N2O.C6H12O.2C4H10.C2H4O.C2H6/c1-6-9-11-17(14-16(5)18(8-3)15(4)7-2)24-21-19(22)12-10-13-20(21)23;1-5-12-8-15-13(7-10(12)3)9-16(19-15)17(20)14(6-2)11(4)18;1-6(3-4-6)5-7-2;1-4(2)3;1-3-4-2;1-2-3;1-2/h8,10-15H,6-7,9H2,1-5H3;6-9,19H,2,5,18H2,1,3-4H3;3-5H2,1-2H3;4H,1-3H3;3-4H2,1-2H3;2H,1H3;1-2H3/b16-14-,17-11-,18-8-;14-11-;;;;;. The highest BCUT2D eigenvalue weighted by Gasteiger charge is 2.36. The number of nitrogens with one attached hydrogen (secondary N) is 1. The second-order valence-electron chi connectivity index (χ2n) is 16.7. The van der Waals surface area contributed by atoms with Crippen molar-refractivity contribution >= 4 is 23.0 Å². The first-order valence-corrected chi connectivity index (χ1v) is 23.6. The molecule has 1 aliphatic rings. The first-order chi connectivity index (χ1) is 30.2. The molecule has 1 unspecified atom stereocenters. The van der Waals surface area contributed by atoms with Gasteiger partial charge < -0.3 is 25.0 Å². The van der Waals surface area contributed by atoms with Crippen molar-refractivity contribution in [3.05, 3.63) is 124 Å². The maximum atomic E-state index is 13.9. The number of methoxy groups -OCH3 is 1. The van der Waals surface area contributed by atoms with Crippen LogP contribution in [0.25, 0.3) is 10.9 Å². The smallest absolute Gasteiger partial charge is 0.210 e. The van der Waals surface area contributed by atoms with Gasteiger partial charge in [0.05, 0.1) is 12.3 Å². The Balaban J connectivity index is -0.000000823. The number of nitrogens with two attached hydrogens (primary N) is 1. The number of para-hydroxylation sites is 1. The Kier molecular flexibility index (Phi) is 36.6. The van der Waals surface area contributed by atoms with Crippen LogP contribution in [0.2, 0.25) is 0 Å². The average molecular weight is 893 g/mol. The van der Waals surface area contributed by atoms with Crippen LogP contribution in [-0.2, 0) is 16.0 Å². The summed E-state index contributed by atoms with van der Waals surface area (Å²) in [5, 5.41) is 1.04. The number of aryl methyl sites for hydroxylation is 2. The van der Waals surface area contributed by atoms with Gasteiger partial charge >= 0.3 is 0 Å². The lowest BCUT2D eigenvalue weighted by Gasteiger charge is -2.16. The third-order valence-corrected chi connectivity index (χ3v) is 9.71. The largest absolute Gasteiger partial charge is 0.452 e. The molecular formula is C56H90F2N2O4. The summed E-state index contributed by atoms with van der Waals surface area (Å²) in [6, 6.07) is 9.81. The van der Waals surface area contributed by atoms with Gasteiger partial charge in [-0.15, -0.1) is 0 Å². The van der Waals surface area contributed by atoms with Crippen LogP contribution in [0, 0.1) is 35.8 Å². The van der Waals surface area contributed by atoms with Crippen LogP contribution in [0.1, 0.15) is 177 Å². The molecule has 1 heterocycles. The fourth-order valence-electron chi connectivity index (χ4n) is 5.66. The van der Waals surface area contributed by atoms with E-state index in [4.69, 9.17) is 20.0 Å². The van der Waals surface area contributed by atoms with E-state index < -0.39 is 11.6 Å². The monoisotopic (exact) mass is 893 g/mol. The number of rotatable bonds is 15. The summed E-state index contributed by atoms with van der Waals surface area (Å²) in [4.78, 5) is 24.4. The zero-order valence-corrected chi connectivity index (χ0v) is 43.5. The molecule has 362 valence electrons. The number of H-pyrrole nitrogens is 1. The van der Waals surface area contributed by atoms with Crippen molar-refractivity contribution in [2.45, 2.75) is 169 Å². The van der Waals surface area contributed by atoms with Crippen LogP contribution in [0.5, 0.6) is 5.75 Å². The Hall–Kier alpha value is -4.56. The maximum Gasteiger partial charge on any atom is 0.210 e. The van der Waals surface area contributed by atoms with Crippen LogP contribution in [0.4, 0.5) is 8.78 Å². The number of halogens is 2. The molecular weight excluding hydrogens is 803 g/mol. The minimum Gasteiger partial charge on any atom is -0.452 e. The van der Waals surface area contributed by atoms with Crippen LogP contribution < -0.4 is 10.5 Å². The number of ketones is 1. The van der Waals surface area contributed by atoms with Crippen molar-refractivity contribution in [1.29, 1.82) is 0 Å². The number of Topliss-reactive ketones (excluding diaryl/α,β-unsaturated/α-hetero) is 1. The average Bonchev–Trinajstić information content (AvgIpc) is 3.84. The Labute approximate surface area is 390 Å². The SMILES string of the molecule is C=C/C(C(=O)c1cc2cc(C)c(CC)cc2[nH]1)=C(\C)N.CC.CC(C)C.CC=O.CCCC.COCC1(C)CC1.C\C=C(/C(C)=C\C(=C\CCC)Oc1c(F)cccc1F)C(C)CC. The van der Waals surface area contributed by atoms with E-state index >= 15 is 0 Å². The lowest BCUT2D eigenvalue weighted by molar-refractivity contribution is -0.106. The Morgan fingerprint density at radius 2 is 1.48 bits per heavy atom. The normalized spacial score (nSPS) is 13.4. The van der Waals surface area contributed by atoms with E-state index in [0.717, 1.165) is 61.0 Å². The molecule has 1 aliphatic carbocycles. The fourth-order valence-corrected chi connectivity index (χ4v) is 5.66.